The van der Waals surface area contributed by atoms with E-state index in [1.807, 2.05) is 24.7 Å². The molecule has 0 spiro atoms. The van der Waals surface area contributed by atoms with Crippen molar-refractivity contribution in [3.8, 4) is 0 Å². The third-order valence-electron chi connectivity index (χ3n) is 3.82. The normalized spacial score (nSPS) is 23.1. The molecule has 1 aliphatic rings. The fourth-order valence-corrected chi connectivity index (χ4v) is 2.53. The van der Waals surface area contributed by atoms with Gasteiger partial charge in [0.1, 0.15) is 17.9 Å². The number of piperazine rings is 1. The zero-order chi connectivity index (χ0) is 14.7. The molecule has 0 aliphatic carbocycles. The maximum absolute atomic E-state index is 12.4. The van der Waals surface area contributed by atoms with Crippen LogP contribution in [0, 0.1) is 0 Å². The van der Waals surface area contributed by atoms with Crippen LogP contribution >= 0.6 is 0 Å². The van der Waals surface area contributed by atoms with Crippen molar-refractivity contribution in [1.29, 1.82) is 0 Å². The number of carbonyl (C=O) groups is 2. The Hall–Kier alpha value is -1.85. The van der Waals surface area contributed by atoms with E-state index in [0.717, 1.165) is 12.2 Å². The molecule has 1 fully saturated rings. The lowest BCUT2D eigenvalue weighted by atomic mass is 10.0. The summed E-state index contributed by atoms with van der Waals surface area (Å²) in [4.78, 5) is 30.3. The summed E-state index contributed by atoms with van der Waals surface area (Å²) in [7, 11) is 1.93. The van der Waals surface area contributed by atoms with Crippen LogP contribution in [0.5, 0.6) is 0 Å². The molecule has 2 heterocycles. The topological polar surface area (TPSA) is 67.2 Å². The Morgan fingerprint density at radius 1 is 1.40 bits per heavy atom. The van der Waals surface area contributed by atoms with Crippen LogP contribution in [0.25, 0.3) is 0 Å². The van der Waals surface area contributed by atoms with Gasteiger partial charge in [-0.25, -0.2) is 4.98 Å². The predicted molar refractivity (Wildman–Crippen MR) is 74.9 cm³/mol. The molecule has 1 aromatic rings. The van der Waals surface area contributed by atoms with Crippen molar-refractivity contribution in [2.75, 3.05) is 6.54 Å². The van der Waals surface area contributed by atoms with E-state index in [2.05, 4.69) is 10.3 Å². The minimum atomic E-state index is -0.407. The summed E-state index contributed by atoms with van der Waals surface area (Å²) in [5.41, 5.74) is 0. The standard InChI is InChI=1S/C14H22N4O2/c1-4-5-11-14(20)18(10(2)13(19)16-11)8-6-12-15-7-9-17(12)3/h7,9-11H,4-6,8H2,1-3H3,(H,16,19). The van der Waals surface area contributed by atoms with Gasteiger partial charge in [-0.3, -0.25) is 9.59 Å². The van der Waals surface area contributed by atoms with Crippen molar-refractivity contribution >= 4 is 11.8 Å². The van der Waals surface area contributed by atoms with Gasteiger partial charge in [-0.2, -0.15) is 0 Å². The van der Waals surface area contributed by atoms with Gasteiger partial charge in [0, 0.05) is 32.4 Å². The van der Waals surface area contributed by atoms with Crippen molar-refractivity contribution in [1.82, 2.24) is 19.8 Å². The molecule has 1 aliphatic heterocycles. The van der Waals surface area contributed by atoms with E-state index in [-0.39, 0.29) is 17.9 Å². The van der Waals surface area contributed by atoms with Crippen molar-refractivity contribution < 1.29 is 9.59 Å². The van der Waals surface area contributed by atoms with Gasteiger partial charge < -0.3 is 14.8 Å². The van der Waals surface area contributed by atoms with E-state index in [4.69, 9.17) is 0 Å². The first-order valence-electron chi connectivity index (χ1n) is 7.11. The van der Waals surface area contributed by atoms with Crippen LogP contribution in [0.2, 0.25) is 0 Å². The minimum absolute atomic E-state index is 0.0214. The molecule has 110 valence electrons. The Kier molecular flexibility index (Phi) is 4.42. The summed E-state index contributed by atoms with van der Waals surface area (Å²) in [6.45, 7) is 4.31. The smallest absolute Gasteiger partial charge is 0.245 e. The molecule has 0 saturated carbocycles. The van der Waals surface area contributed by atoms with E-state index in [9.17, 15) is 9.59 Å². The maximum Gasteiger partial charge on any atom is 0.245 e. The number of nitrogens with zero attached hydrogens (tertiary/aromatic N) is 3. The molecule has 1 N–H and O–H groups in total. The predicted octanol–water partition coefficient (Wildman–Crippen LogP) is 0.478. The molecule has 6 heteroatoms. The van der Waals surface area contributed by atoms with Crippen molar-refractivity contribution in [2.45, 2.75) is 45.2 Å². The summed E-state index contributed by atoms with van der Waals surface area (Å²) in [6, 6.07) is -0.777. The van der Waals surface area contributed by atoms with E-state index in [1.54, 1.807) is 18.0 Å². The molecule has 0 bridgehead atoms. The average Bonchev–Trinajstić information content (AvgIpc) is 2.82. The molecule has 0 radical (unpaired) electrons. The number of aromatic nitrogens is 2. The van der Waals surface area contributed by atoms with Gasteiger partial charge in [0.05, 0.1) is 0 Å². The fourth-order valence-electron chi connectivity index (χ4n) is 2.53. The SMILES string of the molecule is CCCC1NC(=O)C(C)N(CCc2nccn2C)C1=O. The molecule has 1 saturated heterocycles. The van der Waals surface area contributed by atoms with Crippen molar-refractivity contribution in [2.24, 2.45) is 7.05 Å². The Bertz CT molecular complexity index is 497. The molecule has 2 rings (SSSR count). The molecule has 2 atom stereocenters. The van der Waals surface area contributed by atoms with Crippen LogP contribution in [0.1, 0.15) is 32.5 Å². The number of aryl methyl sites for hydroxylation is 1. The molecule has 20 heavy (non-hydrogen) atoms. The molecule has 0 aromatic carbocycles. The number of amides is 2. The summed E-state index contributed by atoms with van der Waals surface area (Å²) < 4.78 is 1.93. The number of carbonyl (C=O) groups excluding carboxylic acids is 2. The van der Waals surface area contributed by atoms with E-state index < -0.39 is 6.04 Å². The van der Waals surface area contributed by atoms with Gasteiger partial charge in [0.25, 0.3) is 0 Å². The van der Waals surface area contributed by atoms with Gasteiger partial charge in [-0.15, -0.1) is 0 Å². The van der Waals surface area contributed by atoms with Gasteiger partial charge in [-0.1, -0.05) is 13.3 Å². The number of imidazole rings is 1. The van der Waals surface area contributed by atoms with Gasteiger partial charge >= 0.3 is 0 Å². The summed E-state index contributed by atoms with van der Waals surface area (Å²) in [5.74, 6) is 0.874. The van der Waals surface area contributed by atoms with Crippen molar-refractivity contribution in [3.63, 3.8) is 0 Å². The quantitative estimate of drug-likeness (QED) is 0.852. The molecule has 2 amide bonds. The Labute approximate surface area is 119 Å². The zero-order valence-electron chi connectivity index (χ0n) is 12.3. The number of rotatable bonds is 5. The monoisotopic (exact) mass is 278 g/mol. The van der Waals surface area contributed by atoms with Crippen LogP contribution < -0.4 is 5.32 Å². The second-order valence-electron chi connectivity index (χ2n) is 5.26. The minimum Gasteiger partial charge on any atom is -0.343 e. The molecule has 6 nitrogen and oxygen atoms in total. The third kappa shape index (κ3) is 2.84. The number of nitrogens with one attached hydrogen (secondary N) is 1. The van der Waals surface area contributed by atoms with Gasteiger partial charge in [-0.05, 0) is 13.3 Å². The first kappa shape index (κ1) is 14.6. The largest absolute Gasteiger partial charge is 0.343 e. The molecule has 2 unspecified atom stereocenters. The summed E-state index contributed by atoms with van der Waals surface area (Å²) >= 11 is 0. The third-order valence-corrected chi connectivity index (χ3v) is 3.82. The first-order valence-corrected chi connectivity index (χ1v) is 7.11. The fraction of sp³-hybridized carbons (Fsp3) is 0.643. The van der Waals surface area contributed by atoms with Crippen LogP contribution in [0.3, 0.4) is 0 Å². The van der Waals surface area contributed by atoms with E-state index in [0.29, 0.717) is 19.4 Å². The lowest BCUT2D eigenvalue weighted by Gasteiger charge is -2.37. The van der Waals surface area contributed by atoms with Gasteiger partial charge in [0.15, 0.2) is 0 Å². The molecule has 1 aromatic heterocycles. The maximum atomic E-state index is 12.4. The Morgan fingerprint density at radius 3 is 2.75 bits per heavy atom. The summed E-state index contributed by atoms with van der Waals surface area (Å²) in [6.07, 6.45) is 5.84. The molecular formula is C14H22N4O2. The van der Waals surface area contributed by atoms with Crippen LogP contribution in [-0.4, -0.2) is 44.9 Å². The Morgan fingerprint density at radius 2 is 2.15 bits per heavy atom. The second kappa shape index (κ2) is 6.07. The highest BCUT2D eigenvalue weighted by Gasteiger charge is 2.37. The highest BCUT2D eigenvalue weighted by Crippen LogP contribution is 2.14. The average molecular weight is 278 g/mol. The second-order valence-corrected chi connectivity index (χ2v) is 5.26. The van der Waals surface area contributed by atoms with Crippen LogP contribution in [0.4, 0.5) is 0 Å². The van der Waals surface area contributed by atoms with Gasteiger partial charge in [0.2, 0.25) is 11.8 Å². The van der Waals surface area contributed by atoms with Crippen LogP contribution in [-0.2, 0) is 23.1 Å². The highest BCUT2D eigenvalue weighted by molar-refractivity contribution is 5.96. The highest BCUT2D eigenvalue weighted by atomic mass is 16.2. The van der Waals surface area contributed by atoms with E-state index >= 15 is 0 Å². The number of hydrogen-bond donors (Lipinski definition) is 1. The first-order chi connectivity index (χ1) is 9.54. The Balaban J connectivity index is 2.05. The van der Waals surface area contributed by atoms with E-state index in [1.165, 1.54) is 0 Å². The van der Waals surface area contributed by atoms with Crippen molar-refractivity contribution in [3.05, 3.63) is 18.2 Å². The summed E-state index contributed by atoms with van der Waals surface area (Å²) in [5, 5.41) is 2.80. The number of hydrogen-bond acceptors (Lipinski definition) is 3. The molecular weight excluding hydrogens is 256 g/mol. The zero-order valence-corrected chi connectivity index (χ0v) is 12.3. The lowest BCUT2D eigenvalue weighted by molar-refractivity contribution is -0.148. The van der Waals surface area contributed by atoms with Crippen LogP contribution in [0.15, 0.2) is 12.4 Å². The lowest BCUT2D eigenvalue weighted by Crippen LogP contribution is -2.62.